The van der Waals surface area contributed by atoms with Crippen molar-refractivity contribution in [1.82, 2.24) is 0 Å². The molecule has 1 fully saturated rings. The van der Waals surface area contributed by atoms with Crippen molar-refractivity contribution in [2.24, 2.45) is 5.92 Å². The van der Waals surface area contributed by atoms with Gasteiger partial charge in [-0.1, -0.05) is 18.6 Å². The van der Waals surface area contributed by atoms with Gasteiger partial charge in [0.15, 0.2) is 5.78 Å². The zero-order valence-electron chi connectivity index (χ0n) is 10.6. The Bertz CT molecular complexity index is 451. The van der Waals surface area contributed by atoms with Crippen LogP contribution in [0.4, 0.5) is 0 Å². The Kier molecular flexibility index (Phi) is 4.13. The molecule has 1 saturated carbocycles. The number of ether oxygens (including phenoxy) is 1. The van der Waals surface area contributed by atoms with Gasteiger partial charge in [-0.05, 0) is 25.0 Å². The minimum Gasteiger partial charge on any atom is -0.496 e. The Hall–Kier alpha value is -1.64. The van der Waals surface area contributed by atoms with Crippen LogP contribution in [0.25, 0.3) is 0 Å². The standard InChI is InChI=1S/C15H18O3/c1-18-15-9-5-3-7-12(15)14(17)10-11-6-2-4-8-13(11)16/h3,5,7,9,11H,2,4,6,8,10H2,1H3/t11-/m0/s1. The van der Waals surface area contributed by atoms with Crippen LogP contribution in [0.15, 0.2) is 24.3 Å². The molecule has 0 saturated heterocycles. The predicted octanol–water partition coefficient (Wildman–Crippen LogP) is 3.03. The molecule has 3 nitrogen and oxygen atoms in total. The van der Waals surface area contributed by atoms with Gasteiger partial charge in [0.2, 0.25) is 0 Å². The van der Waals surface area contributed by atoms with Crippen molar-refractivity contribution in [3.8, 4) is 5.75 Å². The van der Waals surface area contributed by atoms with Crippen molar-refractivity contribution >= 4 is 11.6 Å². The van der Waals surface area contributed by atoms with Crippen LogP contribution >= 0.6 is 0 Å². The van der Waals surface area contributed by atoms with E-state index in [4.69, 9.17) is 4.74 Å². The van der Waals surface area contributed by atoms with Crippen molar-refractivity contribution in [1.29, 1.82) is 0 Å². The monoisotopic (exact) mass is 246 g/mol. The molecule has 3 heteroatoms. The van der Waals surface area contributed by atoms with E-state index in [1.54, 1.807) is 19.2 Å². The normalized spacial score (nSPS) is 19.6. The molecule has 18 heavy (non-hydrogen) atoms. The second kappa shape index (κ2) is 5.80. The van der Waals surface area contributed by atoms with Crippen LogP contribution in [0.5, 0.6) is 5.75 Å². The largest absolute Gasteiger partial charge is 0.496 e. The number of methoxy groups -OCH3 is 1. The van der Waals surface area contributed by atoms with Crippen LogP contribution in [0, 0.1) is 5.92 Å². The third kappa shape index (κ3) is 2.78. The molecule has 2 rings (SSSR count). The first kappa shape index (κ1) is 12.8. The molecule has 96 valence electrons. The lowest BCUT2D eigenvalue weighted by Gasteiger charge is -2.19. The number of para-hydroxylation sites is 1. The third-order valence-corrected chi connectivity index (χ3v) is 3.52. The Morgan fingerprint density at radius 2 is 2.11 bits per heavy atom. The minimum atomic E-state index is -0.0869. The van der Waals surface area contributed by atoms with Gasteiger partial charge in [0.25, 0.3) is 0 Å². The molecule has 0 heterocycles. The van der Waals surface area contributed by atoms with Crippen molar-refractivity contribution in [3.63, 3.8) is 0 Å². The molecule has 1 aromatic rings. The van der Waals surface area contributed by atoms with Gasteiger partial charge >= 0.3 is 0 Å². The molecule has 0 N–H and O–H groups in total. The van der Waals surface area contributed by atoms with E-state index in [0.29, 0.717) is 24.2 Å². The van der Waals surface area contributed by atoms with Gasteiger partial charge in [0.05, 0.1) is 12.7 Å². The van der Waals surface area contributed by atoms with Crippen LogP contribution in [-0.4, -0.2) is 18.7 Å². The number of benzene rings is 1. The van der Waals surface area contributed by atoms with E-state index in [2.05, 4.69) is 0 Å². The van der Waals surface area contributed by atoms with Crippen molar-refractivity contribution in [2.75, 3.05) is 7.11 Å². The molecule has 0 aliphatic heterocycles. The molecule has 1 aliphatic carbocycles. The number of hydrogen-bond acceptors (Lipinski definition) is 3. The number of carbonyl (C=O) groups excluding carboxylic acids is 2. The van der Waals surface area contributed by atoms with E-state index in [9.17, 15) is 9.59 Å². The van der Waals surface area contributed by atoms with E-state index in [-0.39, 0.29) is 17.5 Å². The summed E-state index contributed by atoms with van der Waals surface area (Å²) in [6, 6.07) is 7.18. The van der Waals surface area contributed by atoms with Gasteiger partial charge in [-0.25, -0.2) is 0 Å². The highest BCUT2D eigenvalue weighted by Crippen LogP contribution is 2.27. The Labute approximate surface area is 107 Å². The quantitative estimate of drug-likeness (QED) is 0.767. The van der Waals surface area contributed by atoms with Gasteiger partial charge in [-0.3, -0.25) is 9.59 Å². The second-order valence-corrected chi connectivity index (χ2v) is 4.74. The summed E-state index contributed by atoms with van der Waals surface area (Å²) in [5, 5.41) is 0. The maximum atomic E-state index is 12.2. The predicted molar refractivity (Wildman–Crippen MR) is 68.9 cm³/mol. The topological polar surface area (TPSA) is 43.4 Å². The highest BCUT2D eigenvalue weighted by Gasteiger charge is 2.25. The van der Waals surface area contributed by atoms with Crippen molar-refractivity contribution in [2.45, 2.75) is 32.1 Å². The number of carbonyl (C=O) groups is 2. The number of ketones is 2. The first-order valence-electron chi connectivity index (χ1n) is 6.41. The lowest BCUT2D eigenvalue weighted by Crippen LogP contribution is -2.22. The van der Waals surface area contributed by atoms with Crippen LogP contribution in [0.2, 0.25) is 0 Å². The van der Waals surface area contributed by atoms with Gasteiger partial charge in [-0.15, -0.1) is 0 Å². The van der Waals surface area contributed by atoms with Gasteiger partial charge in [0.1, 0.15) is 11.5 Å². The molecule has 1 aliphatic rings. The summed E-state index contributed by atoms with van der Waals surface area (Å²) in [6.45, 7) is 0. The summed E-state index contributed by atoms with van der Waals surface area (Å²) in [5.41, 5.74) is 0.582. The lowest BCUT2D eigenvalue weighted by atomic mass is 9.83. The van der Waals surface area contributed by atoms with Crippen LogP contribution < -0.4 is 4.74 Å². The molecular formula is C15H18O3. The van der Waals surface area contributed by atoms with E-state index in [1.165, 1.54) is 0 Å². The van der Waals surface area contributed by atoms with Gasteiger partial charge < -0.3 is 4.74 Å². The maximum Gasteiger partial charge on any atom is 0.167 e. The SMILES string of the molecule is COc1ccccc1C(=O)C[C@@H]1CCCCC1=O. The Morgan fingerprint density at radius 3 is 2.83 bits per heavy atom. The van der Waals surface area contributed by atoms with Crippen molar-refractivity contribution in [3.05, 3.63) is 29.8 Å². The zero-order chi connectivity index (χ0) is 13.0. The number of Topliss-reactive ketones (excluding diaryl/α,β-unsaturated/α-hetero) is 2. The number of rotatable bonds is 4. The van der Waals surface area contributed by atoms with E-state index >= 15 is 0 Å². The Balaban J connectivity index is 2.09. The van der Waals surface area contributed by atoms with E-state index in [1.807, 2.05) is 12.1 Å². The molecule has 0 aromatic heterocycles. The fraction of sp³-hybridized carbons (Fsp3) is 0.467. The number of hydrogen-bond donors (Lipinski definition) is 0. The summed E-state index contributed by atoms with van der Waals surface area (Å²) in [7, 11) is 1.55. The summed E-state index contributed by atoms with van der Waals surface area (Å²) < 4.78 is 5.18. The highest BCUT2D eigenvalue weighted by atomic mass is 16.5. The first-order chi connectivity index (χ1) is 8.72. The third-order valence-electron chi connectivity index (χ3n) is 3.52. The smallest absolute Gasteiger partial charge is 0.167 e. The molecular weight excluding hydrogens is 228 g/mol. The zero-order valence-corrected chi connectivity index (χ0v) is 10.6. The summed E-state index contributed by atoms with van der Waals surface area (Å²) in [6.07, 6.45) is 3.82. The first-order valence-corrected chi connectivity index (χ1v) is 6.41. The average molecular weight is 246 g/mol. The van der Waals surface area contributed by atoms with Crippen molar-refractivity contribution < 1.29 is 14.3 Å². The van der Waals surface area contributed by atoms with Crippen LogP contribution in [-0.2, 0) is 4.79 Å². The summed E-state index contributed by atoms with van der Waals surface area (Å²) >= 11 is 0. The van der Waals surface area contributed by atoms with Crippen LogP contribution in [0.3, 0.4) is 0 Å². The van der Waals surface area contributed by atoms with E-state index < -0.39 is 0 Å². The molecule has 0 radical (unpaired) electrons. The van der Waals surface area contributed by atoms with E-state index in [0.717, 1.165) is 19.3 Å². The van der Waals surface area contributed by atoms with Crippen LogP contribution in [0.1, 0.15) is 42.5 Å². The molecule has 1 aromatic carbocycles. The average Bonchev–Trinajstić information content (AvgIpc) is 2.41. The molecule has 0 amide bonds. The molecule has 0 unspecified atom stereocenters. The maximum absolute atomic E-state index is 12.2. The van der Waals surface area contributed by atoms with Gasteiger partial charge in [0, 0.05) is 18.8 Å². The minimum absolute atomic E-state index is 0.00713. The molecule has 0 spiro atoms. The second-order valence-electron chi connectivity index (χ2n) is 4.74. The fourth-order valence-corrected chi connectivity index (χ4v) is 2.48. The highest BCUT2D eigenvalue weighted by molar-refractivity contribution is 6.01. The Morgan fingerprint density at radius 1 is 1.33 bits per heavy atom. The summed E-state index contributed by atoms with van der Waals surface area (Å²) in [4.78, 5) is 23.9. The molecule has 1 atom stereocenters. The van der Waals surface area contributed by atoms with Gasteiger partial charge in [-0.2, -0.15) is 0 Å². The summed E-state index contributed by atoms with van der Waals surface area (Å²) in [5.74, 6) is 0.749. The fourth-order valence-electron chi connectivity index (χ4n) is 2.48. The lowest BCUT2D eigenvalue weighted by molar-refractivity contribution is -0.124. The molecule has 0 bridgehead atoms.